The first-order chi connectivity index (χ1) is 5.54. The van der Waals surface area contributed by atoms with Crippen molar-refractivity contribution < 1.29 is 25.2 Å². The second-order valence-corrected chi connectivity index (χ2v) is 2.44. The van der Waals surface area contributed by atoms with Gasteiger partial charge in [0.2, 0.25) is 0 Å². The first-order valence-corrected chi connectivity index (χ1v) is 3.40. The predicted molar refractivity (Wildman–Crippen MR) is 39.1 cm³/mol. The lowest BCUT2D eigenvalue weighted by Crippen LogP contribution is -2.49. The Morgan fingerprint density at radius 2 is 1.75 bits per heavy atom. The van der Waals surface area contributed by atoms with Crippen LogP contribution in [0.4, 0.5) is 0 Å². The van der Waals surface area contributed by atoms with Crippen molar-refractivity contribution in [3.8, 4) is 0 Å². The molecule has 12 heavy (non-hydrogen) atoms. The largest absolute Gasteiger partial charge is 0.394 e. The molecule has 72 valence electrons. The molecule has 6 N–H and O–H groups in total. The van der Waals surface area contributed by atoms with Gasteiger partial charge in [0, 0.05) is 0 Å². The van der Waals surface area contributed by atoms with E-state index >= 15 is 0 Å². The molecule has 0 saturated carbocycles. The fourth-order valence-corrected chi connectivity index (χ4v) is 0.644. The number of hydrogen-bond acceptors (Lipinski definition) is 6. The zero-order chi connectivity index (χ0) is 9.72. The van der Waals surface area contributed by atoms with E-state index in [2.05, 4.69) is 0 Å². The van der Waals surface area contributed by atoms with Crippen LogP contribution in [0.15, 0.2) is 0 Å². The van der Waals surface area contributed by atoms with Gasteiger partial charge in [-0.15, -0.1) is 0 Å². The van der Waals surface area contributed by atoms with Crippen LogP contribution in [0.3, 0.4) is 0 Å². The highest BCUT2D eigenvalue weighted by molar-refractivity contribution is 5.58. The van der Waals surface area contributed by atoms with Crippen molar-refractivity contribution in [3.63, 3.8) is 0 Å². The van der Waals surface area contributed by atoms with E-state index in [1.165, 1.54) is 0 Å². The van der Waals surface area contributed by atoms with E-state index in [9.17, 15) is 4.79 Å². The van der Waals surface area contributed by atoms with E-state index < -0.39 is 31.0 Å². The SMILES string of the molecule is N[C@@H](C=O)[C@H](O)[C@@H](O)[C@H](O)CO. The summed E-state index contributed by atoms with van der Waals surface area (Å²) in [6.07, 6.45) is -4.43. The maximum Gasteiger partial charge on any atom is 0.139 e. The topological polar surface area (TPSA) is 124 Å². The first kappa shape index (κ1) is 11.5. The molecule has 0 amide bonds. The van der Waals surface area contributed by atoms with Crippen molar-refractivity contribution in [1.29, 1.82) is 0 Å². The third-order valence-corrected chi connectivity index (χ3v) is 1.48. The van der Waals surface area contributed by atoms with E-state index in [1.807, 2.05) is 0 Å². The Kier molecular flexibility index (Phi) is 4.95. The molecule has 0 aliphatic carbocycles. The van der Waals surface area contributed by atoms with Crippen LogP contribution < -0.4 is 5.73 Å². The molecule has 0 bridgehead atoms. The molecule has 0 unspecified atom stereocenters. The second kappa shape index (κ2) is 5.18. The van der Waals surface area contributed by atoms with E-state index in [0.29, 0.717) is 0 Å². The molecule has 0 radical (unpaired) electrons. The Hall–Kier alpha value is -0.530. The Labute approximate surface area is 69.2 Å². The van der Waals surface area contributed by atoms with Gasteiger partial charge >= 0.3 is 0 Å². The van der Waals surface area contributed by atoms with Crippen molar-refractivity contribution in [2.45, 2.75) is 24.4 Å². The summed E-state index contributed by atoms with van der Waals surface area (Å²) in [5, 5.41) is 35.2. The molecular formula is C6H13NO5. The molecule has 4 atom stereocenters. The van der Waals surface area contributed by atoms with Crippen molar-refractivity contribution in [3.05, 3.63) is 0 Å². The Bertz CT molecular complexity index is 142. The zero-order valence-electron chi connectivity index (χ0n) is 6.37. The standard InChI is InChI=1S/C6H13NO5/c7-3(1-8)5(11)6(12)4(10)2-9/h1,3-6,9-12H,2,7H2/t3-,4+,5-,6-/m0/s1. The minimum absolute atomic E-state index is 0.248. The fourth-order valence-electron chi connectivity index (χ4n) is 0.644. The monoisotopic (exact) mass is 179 g/mol. The van der Waals surface area contributed by atoms with Gasteiger partial charge in [-0.25, -0.2) is 0 Å². The quantitative estimate of drug-likeness (QED) is 0.280. The van der Waals surface area contributed by atoms with Crippen LogP contribution in [0.2, 0.25) is 0 Å². The zero-order valence-corrected chi connectivity index (χ0v) is 6.37. The van der Waals surface area contributed by atoms with Crippen LogP contribution in [-0.2, 0) is 4.79 Å². The third-order valence-electron chi connectivity index (χ3n) is 1.48. The molecule has 0 aliphatic rings. The number of aldehydes is 1. The highest BCUT2D eigenvalue weighted by Crippen LogP contribution is 2.01. The van der Waals surface area contributed by atoms with E-state index in [-0.39, 0.29) is 6.29 Å². The Balaban J connectivity index is 4.07. The first-order valence-electron chi connectivity index (χ1n) is 3.40. The molecule has 0 aliphatic heterocycles. The van der Waals surface area contributed by atoms with E-state index in [1.54, 1.807) is 0 Å². The molecule has 0 aromatic heterocycles. The lowest BCUT2D eigenvalue weighted by Gasteiger charge is -2.23. The minimum atomic E-state index is -1.62. The molecule has 0 aromatic rings. The summed E-state index contributed by atoms with van der Waals surface area (Å²) in [5.41, 5.74) is 5.04. The van der Waals surface area contributed by atoms with E-state index in [4.69, 9.17) is 26.2 Å². The third kappa shape index (κ3) is 2.84. The fraction of sp³-hybridized carbons (Fsp3) is 0.833. The molecule has 0 fully saturated rings. The lowest BCUT2D eigenvalue weighted by molar-refractivity contribution is -0.118. The molecular weight excluding hydrogens is 166 g/mol. The van der Waals surface area contributed by atoms with Gasteiger partial charge < -0.3 is 31.0 Å². The molecule has 0 aromatic carbocycles. The van der Waals surface area contributed by atoms with Crippen LogP contribution in [0.5, 0.6) is 0 Å². The molecule has 6 heteroatoms. The maximum atomic E-state index is 10.0. The molecule has 0 saturated heterocycles. The molecule has 0 rings (SSSR count). The summed E-state index contributed by atoms with van der Waals surface area (Å²) in [6.45, 7) is -0.705. The molecule has 0 heterocycles. The average Bonchev–Trinajstić information content (AvgIpc) is 2.12. The van der Waals surface area contributed by atoms with Gasteiger partial charge in [0.25, 0.3) is 0 Å². The predicted octanol–water partition coefficient (Wildman–Crippen LogP) is -3.41. The van der Waals surface area contributed by atoms with Crippen molar-refractivity contribution in [1.82, 2.24) is 0 Å². The van der Waals surface area contributed by atoms with Gasteiger partial charge in [-0.05, 0) is 0 Å². The van der Waals surface area contributed by atoms with Gasteiger partial charge in [-0.2, -0.15) is 0 Å². The van der Waals surface area contributed by atoms with Crippen LogP contribution in [0.25, 0.3) is 0 Å². The van der Waals surface area contributed by atoms with Crippen molar-refractivity contribution >= 4 is 6.29 Å². The number of rotatable bonds is 5. The smallest absolute Gasteiger partial charge is 0.139 e. The number of carbonyl (C=O) groups is 1. The van der Waals surface area contributed by atoms with Crippen molar-refractivity contribution in [2.75, 3.05) is 6.61 Å². The van der Waals surface area contributed by atoms with Crippen LogP contribution in [-0.4, -0.2) is 57.7 Å². The summed E-state index contributed by atoms with van der Waals surface area (Å²) in [5.74, 6) is 0. The number of aliphatic hydroxyl groups is 4. The molecule has 0 spiro atoms. The summed E-state index contributed by atoms with van der Waals surface area (Å²) >= 11 is 0. The maximum absolute atomic E-state index is 10.0. The summed E-state index contributed by atoms with van der Waals surface area (Å²) in [4.78, 5) is 10.0. The second-order valence-electron chi connectivity index (χ2n) is 2.44. The summed E-state index contributed by atoms with van der Waals surface area (Å²) in [6, 6.07) is -1.26. The Morgan fingerprint density at radius 3 is 2.08 bits per heavy atom. The summed E-state index contributed by atoms with van der Waals surface area (Å²) in [7, 11) is 0. The number of hydrogen-bond donors (Lipinski definition) is 5. The normalized spacial score (nSPS) is 21.1. The van der Waals surface area contributed by atoms with Gasteiger partial charge in [0.05, 0.1) is 12.6 Å². The van der Waals surface area contributed by atoms with Crippen LogP contribution in [0, 0.1) is 0 Å². The van der Waals surface area contributed by atoms with Gasteiger partial charge in [0.15, 0.2) is 0 Å². The summed E-state index contributed by atoms with van der Waals surface area (Å²) < 4.78 is 0. The average molecular weight is 179 g/mol. The number of aliphatic hydroxyl groups excluding tert-OH is 4. The lowest BCUT2D eigenvalue weighted by atomic mass is 10.0. The Morgan fingerprint density at radius 1 is 1.25 bits per heavy atom. The van der Waals surface area contributed by atoms with Crippen molar-refractivity contribution in [2.24, 2.45) is 5.73 Å². The van der Waals surface area contributed by atoms with Crippen LogP contribution in [0.1, 0.15) is 0 Å². The minimum Gasteiger partial charge on any atom is -0.394 e. The molecule has 6 nitrogen and oxygen atoms in total. The van der Waals surface area contributed by atoms with Gasteiger partial charge in [0.1, 0.15) is 24.6 Å². The van der Waals surface area contributed by atoms with Gasteiger partial charge in [-0.1, -0.05) is 0 Å². The van der Waals surface area contributed by atoms with Crippen LogP contribution >= 0.6 is 0 Å². The number of nitrogens with two attached hydrogens (primary N) is 1. The number of carbonyl (C=O) groups excluding carboxylic acids is 1. The highest BCUT2D eigenvalue weighted by atomic mass is 16.4. The highest BCUT2D eigenvalue weighted by Gasteiger charge is 2.28. The van der Waals surface area contributed by atoms with E-state index in [0.717, 1.165) is 0 Å². The van der Waals surface area contributed by atoms with Gasteiger partial charge in [-0.3, -0.25) is 0 Å².